The van der Waals surface area contributed by atoms with E-state index in [1.165, 1.54) is 7.11 Å². The number of aliphatic hydroxyl groups is 1. The van der Waals surface area contributed by atoms with E-state index in [0.717, 1.165) is 12.8 Å². The van der Waals surface area contributed by atoms with E-state index in [2.05, 4.69) is 53.2 Å². The van der Waals surface area contributed by atoms with Crippen molar-refractivity contribution in [1.82, 2.24) is 0 Å². The van der Waals surface area contributed by atoms with Crippen molar-refractivity contribution in [3.8, 4) is 0 Å². The number of hydrogen-bond donors (Lipinski definition) is 1. The molecule has 0 fully saturated rings. The van der Waals surface area contributed by atoms with Gasteiger partial charge in [0.05, 0.1) is 19.6 Å². The highest BCUT2D eigenvalue weighted by molar-refractivity contribution is 5.69. The Morgan fingerprint density at radius 2 is 1.63 bits per heavy atom. The second-order valence-electron chi connectivity index (χ2n) is 7.61. The zero-order chi connectivity index (χ0) is 15.5. The Morgan fingerprint density at radius 1 is 1.16 bits per heavy atom. The molecule has 2 unspecified atom stereocenters. The Morgan fingerprint density at radius 3 is 1.95 bits per heavy atom. The Hall–Kier alpha value is -0.570. The maximum atomic E-state index is 11.4. The van der Waals surface area contributed by atoms with Gasteiger partial charge >= 0.3 is 5.97 Å². The van der Waals surface area contributed by atoms with Crippen molar-refractivity contribution in [3.05, 3.63) is 0 Å². The van der Waals surface area contributed by atoms with Gasteiger partial charge in [-0.2, -0.15) is 0 Å². The fourth-order valence-corrected chi connectivity index (χ4v) is 2.24. The number of rotatable bonds is 6. The highest BCUT2D eigenvalue weighted by Crippen LogP contribution is 2.48. The zero-order valence-electron chi connectivity index (χ0n) is 14.0. The molecule has 2 atom stereocenters. The molecule has 0 rings (SSSR count). The summed E-state index contributed by atoms with van der Waals surface area (Å²) in [7, 11) is 1.36. The molecule has 114 valence electrons. The fraction of sp³-hybridized carbons (Fsp3) is 0.938. The van der Waals surface area contributed by atoms with Gasteiger partial charge in [0, 0.05) is 0 Å². The average Bonchev–Trinajstić information content (AvgIpc) is 2.26. The summed E-state index contributed by atoms with van der Waals surface area (Å²) in [4.78, 5) is 11.4. The highest BCUT2D eigenvalue weighted by Gasteiger charge is 2.42. The van der Waals surface area contributed by atoms with Crippen LogP contribution in [0.25, 0.3) is 0 Å². The third-order valence-corrected chi connectivity index (χ3v) is 5.08. The minimum atomic E-state index is -0.661. The summed E-state index contributed by atoms with van der Waals surface area (Å²) in [6.07, 6.45) is 1.12. The Balaban J connectivity index is 5.02. The summed E-state index contributed by atoms with van der Waals surface area (Å²) < 4.78 is 4.66. The fourth-order valence-electron chi connectivity index (χ4n) is 2.24. The van der Waals surface area contributed by atoms with E-state index in [0.29, 0.717) is 0 Å². The van der Waals surface area contributed by atoms with Crippen molar-refractivity contribution in [2.75, 3.05) is 7.11 Å². The third-order valence-electron chi connectivity index (χ3n) is 5.08. The van der Waals surface area contributed by atoms with Gasteiger partial charge in [-0.1, -0.05) is 48.5 Å². The summed E-state index contributed by atoms with van der Waals surface area (Å²) in [5.41, 5.74) is -0.0474. The minimum Gasteiger partial charge on any atom is -0.469 e. The molecule has 0 aliphatic heterocycles. The number of carbonyl (C=O) groups is 1. The first-order valence-electron chi connectivity index (χ1n) is 7.14. The number of hydrogen-bond acceptors (Lipinski definition) is 3. The SMILES string of the molecule is CCC(C)(CC(C)(C)C(C)(C)C)C(O)CC(=O)OC. The van der Waals surface area contributed by atoms with E-state index in [9.17, 15) is 9.90 Å². The molecule has 0 saturated heterocycles. The molecule has 3 heteroatoms. The van der Waals surface area contributed by atoms with Gasteiger partial charge < -0.3 is 9.84 Å². The number of aliphatic hydroxyl groups excluding tert-OH is 1. The van der Waals surface area contributed by atoms with Crippen molar-refractivity contribution in [2.24, 2.45) is 16.2 Å². The number of methoxy groups -OCH3 is 1. The summed E-state index contributed by atoms with van der Waals surface area (Å²) >= 11 is 0. The molecule has 0 heterocycles. The van der Waals surface area contributed by atoms with Crippen LogP contribution in [0.15, 0.2) is 0 Å². The largest absolute Gasteiger partial charge is 0.469 e. The van der Waals surface area contributed by atoms with Crippen LogP contribution >= 0.6 is 0 Å². The van der Waals surface area contributed by atoms with Gasteiger partial charge in [-0.25, -0.2) is 0 Å². The molecule has 0 aromatic carbocycles. The lowest BCUT2D eigenvalue weighted by Crippen LogP contribution is -2.42. The van der Waals surface area contributed by atoms with Crippen LogP contribution in [-0.2, 0) is 9.53 Å². The van der Waals surface area contributed by atoms with E-state index in [1.54, 1.807) is 0 Å². The van der Waals surface area contributed by atoms with Crippen LogP contribution in [0.2, 0.25) is 0 Å². The monoisotopic (exact) mass is 272 g/mol. The summed E-state index contributed by atoms with van der Waals surface area (Å²) in [6, 6.07) is 0. The average molecular weight is 272 g/mol. The minimum absolute atomic E-state index is 0.0705. The van der Waals surface area contributed by atoms with Crippen LogP contribution in [-0.4, -0.2) is 24.3 Å². The maximum absolute atomic E-state index is 11.4. The molecular weight excluding hydrogens is 240 g/mol. The number of carbonyl (C=O) groups excluding carboxylic acids is 1. The van der Waals surface area contributed by atoms with E-state index in [1.807, 2.05) is 0 Å². The van der Waals surface area contributed by atoms with Gasteiger partial charge in [0.1, 0.15) is 0 Å². The van der Waals surface area contributed by atoms with Crippen molar-refractivity contribution >= 4 is 5.97 Å². The van der Waals surface area contributed by atoms with Crippen LogP contribution < -0.4 is 0 Å². The van der Waals surface area contributed by atoms with Gasteiger partial charge in [0.2, 0.25) is 0 Å². The van der Waals surface area contributed by atoms with E-state index in [4.69, 9.17) is 0 Å². The van der Waals surface area contributed by atoms with Crippen LogP contribution in [0.5, 0.6) is 0 Å². The van der Waals surface area contributed by atoms with Gasteiger partial charge in [-0.15, -0.1) is 0 Å². The van der Waals surface area contributed by atoms with Crippen molar-refractivity contribution < 1.29 is 14.6 Å². The zero-order valence-corrected chi connectivity index (χ0v) is 14.0. The Kier molecular flexibility index (Phi) is 6.07. The number of ether oxygens (including phenoxy) is 1. The molecular formula is C16H32O3. The summed E-state index contributed by atoms with van der Waals surface area (Å²) in [5.74, 6) is -0.347. The Labute approximate surface area is 118 Å². The molecule has 3 nitrogen and oxygen atoms in total. The second-order valence-corrected chi connectivity index (χ2v) is 7.61. The second kappa shape index (κ2) is 6.25. The molecule has 0 spiro atoms. The predicted molar refractivity (Wildman–Crippen MR) is 78.9 cm³/mol. The first-order valence-corrected chi connectivity index (χ1v) is 7.14. The molecule has 0 bridgehead atoms. The molecule has 0 aromatic heterocycles. The smallest absolute Gasteiger partial charge is 0.308 e. The summed E-state index contributed by atoms with van der Waals surface area (Å²) in [5, 5.41) is 10.4. The van der Waals surface area contributed by atoms with Gasteiger partial charge in [-0.05, 0) is 29.1 Å². The quantitative estimate of drug-likeness (QED) is 0.748. The van der Waals surface area contributed by atoms with Crippen LogP contribution in [0.1, 0.15) is 67.7 Å². The molecule has 1 N–H and O–H groups in total. The number of esters is 1. The maximum Gasteiger partial charge on any atom is 0.308 e. The van der Waals surface area contributed by atoms with Crippen LogP contribution in [0, 0.1) is 16.2 Å². The van der Waals surface area contributed by atoms with E-state index < -0.39 is 6.10 Å². The normalized spacial score (nSPS) is 17.7. The lowest BCUT2D eigenvalue weighted by molar-refractivity contribution is -0.146. The van der Waals surface area contributed by atoms with Gasteiger partial charge in [0.25, 0.3) is 0 Å². The standard InChI is InChI=1S/C16H32O3/c1-9-16(7,12(17)10-13(18)19-8)11-15(5,6)14(2,3)4/h12,17H,9-11H2,1-8H3. The Bertz CT molecular complexity index is 302. The highest BCUT2D eigenvalue weighted by atomic mass is 16.5. The lowest BCUT2D eigenvalue weighted by atomic mass is 9.59. The lowest BCUT2D eigenvalue weighted by Gasteiger charge is -2.46. The molecule has 0 saturated carbocycles. The van der Waals surface area contributed by atoms with Gasteiger partial charge in [-0.3, -0.25) is 4.79 Å². The van der Waals surface area contributed by atoms with E-state index >= 15 is 0 Å². The molecule has 0 aliphatic carbocycles. The van der Waals surface area contributed by atoms with Crippen molar-refractivity contribution in [1.29, 1.82) is 0 Å². The molecule has 0 aliphatic rings. The molecule has 0 amide bonds. The first kappa shape index (κ1) is 18.4. The predicted octanol–water partition coefficient (Wildman–Crippen LogP) is 3.79. The van der Waals surface area contributed by atoms with Gasteiger partial charge in [0.15, 0.2) is 0 Å². The molecule has 0 radical (unpaired) electrons. The molecule has 19 heavy (non-hydrogen) atoms. The topological polar surface area (TPSA) is 46.5 Å². The van der Waals surface area contributed by atoms with E-state index in [-0.39, 0.29) is 28.6 Å². The molecule has 0 aromatic rings. The summed E-state index contributed by atoms with van der Waals surface area (Å²) in [6.45, 7) is 15.2. The first-order chi connectivity index (χ1) is 8.39. The van der Waals surface area contributed by atoms with Crippen LogP contribution in [0.3, 0.4) is 0 Å². The van der Waals surface area contributed by atoms with Crippen LogP contribution in [0.4, 0.5) is 0 Å². The van der Waals surface area contributed by atoms with Crippen molar-refractivity contribution in [3.63, 3.8) is 0 Å². The van der Waals surface area contributed by atoms with Crippen molar-refractivity contribution in [2.45, 2.75) is 73.8 Å². The third kappa shape index (κ3) is 4.79.